The maximum absolute atomic E-state index is 5.54. The third-order valence-electron chi connectivity index (χ3n) is 2.45. The summed E-state index contributed by atoms with van der Waals surface area (Å²) in [6.07, 6.45) is 3.33. The molecule has 0 aliphatic carbocycles. The minimum atomic E-state index is 0.531. The van der Waals surface area contributed by atoms with Crippen molar-refractivity contribution in [3.63, 3.8) is 0 Å². The van der Waals surface area contributed by atoms with Gasteiger partial charge in [0.1, 0.15) is 0 Å². The summed E-state index contributed by atoms with van der Waals surface area (Å²) in [5.74, 6) is 1.20. The van der Waals surface area contributed by atoms with Gasteiger partial charge in [-0.25, -0.2) is 4.98 Å². The fourth-order valence-corrected chi connectivity index (χ4v) is 2.71. The van der Waals surface area contributed by atoms with E-state index in [-0.39, 0.29) is 0 Å². The fraction of sp³-hybridized carbons (Fsp3) is 0.700. The number of hydrogen-bond acceptors (Lipinski definition) is 5. The van der Waals surface area contributed by atoms with Crippen molar-refractivity contribution in [3.05, 3.63) is 11.1 Å². The maximum atomic E-state index is 5.54. The standard InChI is InChI=1S/C10H19N3S2/c1-8(4-5-14-3)13(2)10-12-9(6-11)7-15-10/h7-8H,4-6,11H2,1-3H3. The van der Waals surface area contributed by atoms with E-state index in [1.165, 1.54) is 12.2 Å². The first kappa shape index (κ1) is 12.8. The summed E-state index contributed by atoms with van der Waals surface area (Å²) in [6.45, 7) is 2.77. The molecule has 3 nitrogen and oxygen atoms in total. The summed E-state index contributed by atoms with van der Waals surface area (Å²) >= 11 is 3.56. The first-order valence-corrected chi connectivity index (χ1v) is 7.32. The van der Waals surface area contributed by atoms with Crippen molar-refractivity contribution in [2.45, 2.75) is 25.9 Å². The summed E-state index contributed by atoms with van der Waals surface area (Å²) in [4.78, 5) is 6.71. The molecule has 0 radical (unpaired) electrons. The van der Waals surface area contributed by atoms with Gasteiger partial charge in [-0.15, -0.1) is 11.3 Å². The molecule has 0 aliphatic heterocycles. The first-order chi connectivity index (χ1) is 7.19. The second kappa shape index (κ2) is 6.35. The topological polar surface area (TPSA) is 42.2 Å². The molecule has 0 saturated heterocycles. The van der Waals surface area contributed by atoms with E-state index in [0.717, 1.165) is 10.8 Å². The number of aromatic nitrogens is 1. The van der Waals surface area contributed by atoms with E-state index in [2.05, 4.69) is 30.1 Å². The van der Waals surface area contributed by atoms with Crippen LogP contribution in [0.2, 0.25) is 0 Å². The highest BCUT2D eigenvalue weighted by Crippen LogP contribution is 2.22. The van der Waals surface area contributed by atoms with Gasteiger partial charge in [0.05, 0.1) is 5.69 Å². The van der Waals surface area contributed by atoms with E-state index in [0.29, 0.717) is 12.6 Å². The highest BCUT2D eigenvalue weighted by atomic mass is 32.2. The molecule has 2 N–H and O–H groups in total. The van der Waals surface area contributed by atoms with E-state index >= 15 is 0 Å². The number of rotatable bonds is 6. The monoisotopic (exact) mass is 245 g/mol. The number of thiazole rings is 1. The minimum Gasteiger partial charge on any atom is -0.348 e. The van der Waals surface area contributed by atoms with Crippen molar-refractivity contribution in [2.75, 3.05) is 24.0 Å². The molecule has 0 bridgehead atoms. The number of nitrogens with two attached hydrogens (primary N) is 1. The molecule has 0 saturated carbocycles. The van der Waals surface area contributed by atoms with Crippen molar-refractivity contribution in [1.29, 1.82) is 0 Å². The molecule has 1 aromatic rings. The van der Waals surface area contributed by atoms with Crippen LogP contribution >= 0.6 is 23.1 Å². The fourth-order valence-electron chi connectivity index (χ4n) is 1.22. The molecule has 0 aliphatic rings. The van der Waals surface area contributed by atoms with Crippen molar-refractivity contribution in [2.24, 2.45) is 5.73 Å². The SMILES string of the molecule is CSCCC(C)N(C)c1nc(CN)cs1. The molecule has 1 unspecified atom stereocenters. The van der Waals surface area contributed by atoms with Crippen molar-refractivity contribution in [3.8, 4) is 0 Å². The van der Waals surface area contributed by atoms with E-state index < -0.39 is 0 Å². The van der Waals surface area contributed by atoms with Gasteiger partial charge in [0, 0.05) is 25.0 Å². The molecule has 1 atom stereocenters. The predicted octanol–water partition coefficient (Wildman–Crippen LogP) is 2.18. The van der Waals surface area contributed by atoms with Crippen LogP contribution in [0.15, 0.2) is 5.38 Å². The van der Waals surface area contributed by atoms with E-state index in [1.807, 2.05) is 17.1 Å². The molecule has 5 heteroatoms. The van der Waals surface area contributed by atoms with Gasteiger partial charge >= 0.3 is 0 Å². The number of hydrogen-bond donors (Lipinski definition) is 1. The van der Waals surface area contributed by atoms with E-state index in [4.69, 9.17) is 5.73 Å². The zero-order valence-corrected chi connectivity index (χ0v) is 11.2. The largest absolute Gasteiger partial charge is 0.348 e. The lowest BCUT2D eigenvalue weighted by molar-refractivity contribution is 0.666. The van der Waals surface area contributed by atoms with Gasteiger partial charge in [0.2, 0.25) is 0 Å². The summed E-state index contributed by atoms with van der Waals surface area (Å²) in [5, 5.41) is 3.11. The Morgan fingerprint density at radius 1 is 1.67 bits per heavy atom. The van der Waals surface area contributed by atoms with Crippen LogP contribution in [0.4, 0.5) is 5.13 Å². The highest BCUT2D eigenvalue weighted by molar-refractivity contribution is 7.98. The summed E-state index contributed by atoms with van der Waals surface area (Å²) in [7, 11) is 2.10. The van der Waals surface area contributed by atoms with Crippen LogP contribution in [0.3, 0.4) is 0 Å². The molecule has 1 aromatic heterocycles. The van der Waals surface area contributed by atoms with E-state index in [9.17, 15) is 0 Å². The molecule has 1 rings (SSSR count). The molecule has 0 amide bonds. The lowest BCUT2D eigenvalue weighted by atomic mass is 10.2. The molecule has 1 heterocycles. The quantitative estimate of drug-likeness (QED) is 0.834. The average molecular weight is 245 g/mol. The Bertz CT molecular complexity index is 288. The van der Waals surface area contributed by atoms with Crippen molar-refractivity contribution in [1.82, 2.24) is 4.98 Å². The summed E-state index contributed by atoms with van der Waals surface area (Å²) < 4.78 is 0. The predicted molar refractivity (Wildman–Crippen MR) is 70.9 cm³/mol. The zero-order valence-electron chi connectivity index (χ0n) is 9.56. The van der Waals surface area contributed by atoms with Gasteiger partial charge < -0.3 is 10.6 Å². The van der Waals surface area contributed by atoms with Crippen LogP contribution in [0, 0.1) is 0 Å². The smallest absolute Gasteiger partial charge is 0.185 e. The Morgan fingerprint density at radius 3 is 2.93 bits per heavy atom. The van der Waals surface area contributed by atoms with Gasteiger partial charge in [-0.3, -0.25) is 0 Å². The Hall–Kier alpha value is -0.260. The lowest BCUT2D eigenvalue weighted by Crippen LogP contribution is -2.29. The first-order valence-electron chi connectivity index (χ1n) is 5.05. The normalized spacial score (nSPS) is 12.8. The second-order valence-corrected chi connectivity index (χ2v) is 5.39. The lowest BCUT2D eigenvalue weighted by Gasteiger charge is -2.23. The molecule has 0 aromatic carbocycles. The highest BCUT2D eigenvalue weighted by Gasteiger charge is 2.12. The Balaban J connectivity index is 2.54. The summed E-state index contributed by atoms with van der Waals surface area (Å²) in [5.41, 5.74) is 6.53. The Morgan fingerprint density at radius 2 is 2.40 bits per heavy atom. The van der Waals surface area contributed by atoms with Gasteiger partial charge in [0.25, 0.3) is 0 Å². The van der Waals surface area contributed by atoms with Crippen LogP contribution < -0.4 is 10.6 Å². The third kappa shape index (κ3) is 3.66. The molecule has 86 valence electrons. The average Bonchev–Trinajstić information content (AvgIpc) is 2.73. The second-order valence-electron chi connectivity index (χ2n) is 3.57. The van der Waals surface area contributed by atoms with E-state index in [1.54, 1.807) is 11.3 Å². The van der Waals surface area contributed by atoms with Crippen LogP contribution in [0.5, 0.6) is 0 Å². The molecule has 0 fully saturated rings. The Labute approximate surface area is 100 Å². The maximum Gasteiger partial charge on any atom is 0.185 e. The number of nitrogens with zero attached hydrogens (tertiary/aromatic N) is 2. The van der Waals surface area contributed by atoms with Gasteiger partial charge in [-0.05, 0) is 25.4 Å². The van der Waals surface area contributed by atoms with Gasteiger partial charge in [-0.2, -0.15) is 11.8 Å². The van der Waals surface area contributed by atoms with Crippen molar-refractivity contribution < 1.29 is 0 Å². The third-order valence-corrected chi connectivity index (χ3v) is 4.08. The minimum absolute atomic E-state index is 0.531. The summed E-state index contributed by atoms with van der Waals surface area (Å²) in [6, 6.07) is 0.536. The van der Waals surface area contributed by atoms with Crippen LogP contribution in [-0.2, 0) is 6.54 Å². The molecular weight excluding hydrogens is 226 g/mol. The Kier molecular flexibility index (Phi) is 5.42. The molecule has 15 heavy (non-hydrogen) atoms. The van der Waals surface area contributed by atoms with Crippen molar-refractivity contribution >= 4 is 28.2 Å². The van der Waals surface area contributed by atoms with Gasteiger partial charge in [0.15, 0.2) is 5.13 Å². The number of anilines is 1. The van der Waals surface area contributed by atoms with Crippen LogP contribution in [0.1, 0.15) is 19.0 Å². The van der Waals surface area contributed by atoms with Crippen LogP contribution in [0.25, 0.3) is 0 Å². The number of thioether (sulfide) groups is 1. The molecular formula is C10H19N3S2. The zero-order chi connectivity index (χ0) is 11.3. The van der Waals surface area contributed by atoms with Crippen LogP contribution in [-0.4, -0.2) is 30.1 Å². The van der Waals surface area contributed by atoms with Gasteiger partial charge in [-0.1, -0.05) is 0 Å². The molecule has 0 spiro atoms.